The molecule has 29 heavy (non-hydrogen) atoms. The van der Waals surface area contributed by atoms with Gasteiger partial charge in [0.1, 0.15) is 0 Å². The van der Waals surface area contributed by atoms with Crippen LogP contribution in [0.3, 0.4) is 0 Å². The number of hydrogen-bond acceptors (Lipinski definition) is 4. The first-order valence-corrected chi connectivity index (χ1v) is 12.5. The topological polar surface area (TPSA) is 83.6 Å². The third-order valence-corrected chi connectivity index (χ3v) is 7.54. The first-order chi connectivity index (χ1) is 13.9. The summed E-state index contributed by atoms with van der Waals surface area (Å²) in [6.07, 6.45) is 6.77. The average molecular weight is 421 g/mol. The number of likely N-dealkylation sites (tertiary alicyclic amines) is 1. The van der Waals surface area contributed by atoms with Gasteiger partial charge in [-0.3, -0.25) is 9.59 Å². The molecule has 0 saturated carbocycles. The molecule has 1 aromatic rings. The van der Waals surface area contributed by atoms with E-state index in [-0.39, 0.29) is 36.3 Å². The predicted octanol–water partition coefficient (Wildman–Crippen LogP) is 2.85. The van der Waals surface area contributed by atoms with E-state index in [4.69, 9.17) is 0 Å². The number of amides is 1. The van der Waals surface area contributed by atoms with Crippen LogP contribution in [0.2, 0.25) is 0 Å². The standard InChI is InChI=1S/C22H32N2O4S/c1-2-15-29(27,28)23-20-11-13-24(14-12-20)22(26)10-9-21(25)19-8-7-17-5-3-4-6-18(17)16-19/h7-8,16,20,23H,2-6,9-15H2,1H3. The number of rotatable bonds is 8. The Labute approximate surface area is 174 Å². The van der Waals surface area contributed by atoms with Gasteiger partial charge in [-0.2, -0.15) is 0 Å². The van der Waals surface area contributed by atoms with E-state index in [0.717, 1.165) is 12.8 Å². The third kappa shape index (κ3) is 6.12. The van der Waals surface area contributed by atoms with Crippen LogP contribution in [-0.2, 0) is 27.7 Å². The van der Waals surface area contributed by atoms with Crippen molar-refractivity contribution < 1.29 is 18.0 Å². The Hall–Kier alpha value is -1.73. The Balaban J connectivity index is 1.45. The number of fused-ring (bicyclic) bond motifs is 1. The van der Waals surface area contributed by atoms with Gasteiger partial charge in [-0.1, -0.05) is 19.1 Å². The summed E-state index contributed by atoms with van der Waals surface area (Å²) in [5, 5.41) is 0. The van der Waals surface area contributed by atoms with Crippen LogP contribution < -0.4 is 4.72 Å². The van der Waals surface area contributed by atoms with Gasteiger partial charge < -0.3 is 4.90 Å². The van der Waals surface area contributed by atoms with E-state index in [9.17, 15) is 18.0 Å². The van der Waals surface area contributed by atoms with Crippen LogP contribution in [0.1, 0.15) is 73.4 Å². The number of Topliss-reactive ketones (excluding diaryl/α,β-unsaturated/α-hetero) is 1. The molecule has 0 atom stereocenters. The molecule has 0 radical (unpaired) electrons. The van der Waals surface area contributed by atoms with Crippen molar-refractivity contribution in [1.82, 2.24) is 9.62 Å². The van der Waals surface area contributed by atoms with E-state index >= 15 is 0 Å². The summed E-state index contributed by atoms with van der Waals surface area (Å²) in [4.78, 5) is 26.8. The summed E-state index contributed by atoms with van der Waals surface area (Å²) in [5.74, 6) is 0.136. The lowest BCUT2D eigenvalue weighted by atomic mass is 9.89. The predicted molar refractivity (Wildman–Crippen MR) is 113 cm³/mol. The Morgan fingerprint density at radius 1 is 1.07 bits per heavy atom. The number of piperidine rings is 1. The van der Waals surface area contributed by atoms with E-state index in [1.54, 1.807) is 4.90 Å². The molecule has 1 aliphatic heterocycles. The van der Waals surface area contributed by atoms with E-state index in [1.165, 1.54) is 24.0 Å². The minimum absolute atomic E-state index is 0.0221. The van der Waals surface area contributed by atoms with Crippen LogP contribution in [0.4, 0.5) is 0 Å². The number of nitrogens with zero attached hydrogens (tertiary/aromatic N) is 1. The van der Waals surface area contributed by atoms with Crippen LogP contribution in [-0.4, -0.2) is 49.9 Å². The molecule has 1 aliphatic carbocycles. The molecule has 0 unspecified atom stereocenters. The number of aryl methyl sites for hydroxylation is 2. The molecule has 1 aromatic carbocycles. The van der Waals surface area contributed by atoms with Gasteiger partial charge in [-0.25, -0.2) is 13.1 Å². The Morgan fingerprint density at radius 3 is 2.45 bits per heavy atom. The number of benzene rings is 1. The summed E-state index contributed by atoms with van der Waals surface area (Å²) in [5.41, 5.74) is 3.34. The van der Waals surface area contributed by atoms with Crippen LogP contribution in [0.5, 0.6) is 0 Å². The van der Waals surface area contributed by atoms with Crippen LogP contribution >= 0.6 is 0 Å². The van der Waals surface area contributed by atoms with E-state index in [1.807, 2.05) is 19.1 Å². The van der Waals surface area contributed by atoms with Crippen LogP contribution in [0.25, 0.3) is 0 Å². The zero-order chi connectivity index (χ0) is 20.9. The van der Waals surface area contributed by atoms with E-state index < -0.39 is 10.0 Å². The highest BCUT2D eigenvalue weighted by molar-refractivity contribution is 7.89. The lowest BCUT2D eigenvalue weighted by Gasteiger charge is -2.32. The average Bonchev–Trinajstić information content (AvgIpc) is 2.71. The molecule has 3 rings (SSSR count). The zero-order valence-electron chi connectivity index (χ0n) is 17.3. The Bertz CT molecular complexity index is 842. The molecule has 1 heterocycles. The zero-order valence-corrected chi connectivity index (χ0v) is 18.1. The second kappa shape index (κ2) is 9.85. The quantitative estimate of drug-likeness (QED) is 0.656. The van der Waals surface area contributed by atoms with Gasteiger partial charge in [0.2, 0.25) is 15.9 Å². The summed E-state index contributed by atoms with van der Waals surface area (Å²) in [6, 6.07) is 5.86. The van der Waals surface area contributed by atoms with Crippen molar-refractivity contribution in [2.45, 2.75) is 70.8 Å². The normalized spacial score (nSPS) is 17.8. The first-order valence-electron chi connectivity index (χ1n) is 10.8. The van der Waals surface area contributed by atoms with Crippen LogP contribution in [0, 0.1) is 0 Å². The van der Waals surface area contributed by atoms with Gasteiger partial charge >= 0.3 is 0 Å². The lowest BCUT2D eigenvalue weighted by Crippen LogP contribution is -2.47. The largest absolute Gasteiger partial charge is 0.343 e. The first kappa shape index (κ1) is 22.0. The molecule has 1 N–H and O–H groups in total. The highest BCUT2D eigenvalue weighted by Gasteiger charge is 2.26. The molecule has 1 amide bonds. The number of carbonyl (C=O) groups excluding carboxylic acids is 2. The molecular weight excluding hydrogens is 388 g/mol. The number of sulfonamides is 1. The van der Waals surface area contributed by atoms with E-state index in [2.05, 4.69) is 10.8 Å². The van der Waals surface area contributed by atoms with Gasteiger partial charge in [-0.15, -0.1) is 0 Å². The Kier molecular flexibility index (Phi) is 7.46. The molecule has 6 nitrogen and oxygen atoms in total. The number of nitrogens with one attached hydrogen (secondary N) is 1. The number of ketones is 1. The molecular formula is C22H32N2O4S. The van der Waals surface area contributed by atoms with Gasteiger partial charge in [-0.05, 0) is 62.1 Å². The number of hydrogen-bond donors (Lipinski definition) is 1. The molecule has 0 bridgehead atoms. The molecule has 160 valence electrons. The molecule has 0 aromatic heterocycles. The number of carbonyl (C=O) groups is 2. The molecule has 1 fully saturated rings. The monoisotopic (exact) mass is 420 g/mol. The van der Waals surface area contributed by atoms with Gasteiger partial charge in [0.15, 0.2) is 5.78 Å². The Morgan fingerprint density at radius 2 is 1.76 bits per heavy atom. The smallest absolute Gasteiger partial charge is 0.223 e. The van der Waals surface area contributed by atoms with Crippen LogP contribution in [0.15, 0.2) is 18.2 Å². The highest BCUT2D eigenvalue weighted by atomic mass is 32.2. The molecule has 7 heteroatoms. The highest BCUT2D eigenvalue weighted by Crippen LogP contribution is 2.23. The van der Waals surface area contributed by atoms with Crippen molar-refractivity contribution in [3.05, 3.63) is 34.9 Å². The minimum Gasteiger partial charge on any atom is -0.343 e. The van der Waals surface area contributed by atoms with Crippen molar-refractivity contribution in [2.24, 2.45) is 0 Å². The molecule has 1 saturated heterocycles. The van der Waals surface area contributed by atoms with Crippen molar-refractivity contribution in [3.8, 4) is 0 Å². The fraction of sp³-hybridized carbons (Fsp3) is 0.636. The summed E-state index contributed by atoms with van der Waals surface area (Å²) in [6.45, 7) is 2.91. The lowest BCUT2D eigenvalue weighted by molar-refractivity contribution is -0.132. The fourth-order valence-electron chi connectivity index (χ4n) is 4.26. The van der Waals surface area contributed by atoms with Crippen molar-refractivity contribution in [1.29, 1.82) is 0 Å². The maximum atomic E-state index is 12.5. The maximum Gasteiger partial charge on any atom is 0.223 e. The van der Waals surface area contributed by atoms with Crippen molar-refractivity contribution in [2.75, 3.05) is 18.8 Å². The summed E-state index contributed by atoms with van der Waals surface area (Å²) >= 11 is 0. The summed E-state index contributed by atoms with van der Waals surface area (Å²) < 4.78 is 26.5. The second-order valence-corrected chi connectivity index (χ2v) is 10.1. The SMILES string of the molecule is CCCS(=O)(=O)NC1CCN(C(=O)CCC(=O)c2ccc3c(c2)CCCC3)CC1. The van der Waals surface area contributed by atoms with Gasteiger partial charge in [0, 0.05) is 37.5 Å². The van der Waals surface area contributed by atoms with Crippen molar-refractivity contribution >= 4 is 21.7 Å². The third-order valence-electron chi connectivity index (χ3n) is 5.90. The van der Waals surface area contributed by atoms with Crippen molar-refractivity contribution in [3.63, 3.8) is 0 Å². The van der Waals surface area contributed by atoms with E-state index in [0.29, 0.717) is 37.9 Å². The van der Waals surface area contributed by atoms with Gasteiger partial charge in [0.25, 0.3) is 0 Å². The molecule has 2 aliphatic rings. The second-order valence-electron chi connectivity index (χ2n) is 8.21. The maximum absolute atomic E-state index is 12.5. The minimum atomic E-state index is -3.23. The summed E-state index contributed by atoms with van der Waals surface area (Å²) in [7, 11) is -3.23. The van der Waals surface area contributed by atoms with Gasteiger partial charge in [0.05, 0.1) is 5.75 Å². The fourth-order valence-corrected chi connectivity index (χ4v) is 5.66. The molecule has 0 spiro atoms.